The molecule has 1 rings (SSSR count). The molecule has 0 aromatic heterocycles. The molecule has 0 radical (unpaired) electrons. The second kappa shape index (κ2) is 8.08. The molecule has 1 atom stereocenters. The van der Waals surface area contributed by atoms with Gasteiger partial charge >= 0.3 is 5.97 Å². The minimum absolute atomic E-state index is 0.0464. The number of piperazine rings is 1. The Labute approximate surface area is 113 Å². The van der Waals surface area contributed by atoms with Gasteiger partial charge in [-0.2, -0.15) is 0 Å². The van der Waals surface area contributed by atoms with Gasteiger partial charge in [0.25, 0.3) is 0 Å². The highest BCUT2D eigenvalue weighted by Gasteiger charge is 2.24. The monoisotopic (exact) mass is 273 g/mol. The first-order valence-corrected chi connectivity index (χ1v) is 6.52. The fourth-order valence-electron chi connectivity index (χ4n) is 2.05. The fourth-order valence-corrected chi connectivity index (χ4v) is 2.05. The van der Waals surface area contributed by atoms with Gasteiger partial charge in [0.2, 0.25) is 5.91 Å². The summed E-state index contributed by atoms with van der Waals surface area (Å²) in [7, 11) is 1.58. The number of ether oxygens (including phenoxy) is 1. The standard InChI is InChI=1S/C12H23N3O4/c1-19-9-3-10(13)12(18)15-7-5-14(6-8-15)4-2-11(16)17/h10H,2-9,13H2,1H3,(H,16,17). The Hall–Kier alpha value is -1.18. The van der Waals surface area contributed by atoms with Crippen LogP contribution in [0.25, 0.3) is 0 Å². The van der Waals surface area contributed by atoms with E-state index in [0.29, 0.717) is 45.8 Å². The van der Waals surface area contributed by atoms with Crippen molar-refractivity contribution in [3.8, 4) is 0 Å². The van der Waals surface area contributed by atoms with Gasteiger partial charge in [-0.25, -0.2) is 0 Å². The summed E-state index contributed by atoms with van der Waals surface area (Å²) in [5.41, 5.74) is 5.80. The molecule has 0 aromatic rings. The van der Waals surface area contributed by atoms with E-state index in [1.165, 1.54) is 0 Å². The molecular formula is C12H23N3O4. The zero-order valence-electron chi connectivity index (χ0n) is 11.4. The number of nitrogens with zero attached hydrogens (tertiary/aromatic N) is 2. The third-order valence-corrected chi connectivity index (χ3v) is 3.28. The van der Waals surface area contributed by atoms with Gasteiger partial charge in [-0.1, -0.05) is 0 Å². The fraction of sp³-hybridized carbons (Fsp3) is 0.833. The summed E-state index contributed by atoms with van der Waals surface area (Å²) in [5.74, 6) is -0.838. The van der Waals surface area contributed by atoms with Crippen molar-refractivity contribution in [3.05, 3.63) is 0 Å². The summed E-state index contributed by atoms with van der Waals surface area (Å²) in [6, 6.07) is -0.509. The molecule has 1 aliphatic rings. The number of methoxy groups -OCH3 is 1. The van der Waals surface area contributed by atoms with E-state index in [0.717, 1.165) is 0 Å². The van der Waals surface area contributed by atoms with Crippen molar-refractivity contribution in [3.63, 3.8) is 0 Å². The molecule has 19 heavy (non-hydrogen) atoms. The van der Waals surface area contributed by atoms with E-state index in [2.05, 4.69) is 4.90 Å². The van der Waals surface area contributed by atoms with Crippen LogP contribution in [0.2, 0.25) is 0 Å². The lowest BCUT2D eigenvalue weighted by atomic mass is 10.2. The van der Waals surface area contributed by atoms with Gasteiger partial charge in [0.15, 0.2) is 0 Å². The number of nitrogens with two attached hydrogens (primary N) is 1. The van der Waals surface area contributed by atoms with E-state index < -0.39 is 12.0 Å². The average Bonchev–Trinajstić information content (AvgIpc) is 2.42. The third kappa shape index (κ3) is 5.54. The molecule has 0 aromatic carbocycles. The van der Waals surface area contributed by atoms with Gasteiger partial charge in [-0.15, -0.1) is 0 Å². The molecule has 0 saturated carbocycles. The van der Waals surface area contributed by atoms with Gasteiger partial charge in [-0.05, 0) is 6.42 Å². The summed E-state index contributed by atoms with van der Waals surface area (Å²) in [5, 5.41) is 8.62. The number of amides is 1. The van der Waals surface area contributed by atoms with Gasteiger partial charge in [0.05, 0.1) is 12.5 Å². The molecule has 1 fully saturated rings. The minimum Gasteiger partial charge on any atom is -0.481 e. The molecule has 1 saturated heterocycles. The van der Waals surface area contributed by atoms with Crippen LogP contribution in [-0.2, 0) is 14.3 Å². The summed E-state index contributed by atoms with van der Waals surface area (Å²) in [6.07, 6.45) is 0.663. The molecule has 1 heterocycles. The number of aliphatic carboxylic acids is 1. The van der Waals surface area contributed by atoms with Crippen LogP contribution in [0.3, 0.4) is 0 Å². The Morgan fingerprint density at radius 2 is 1.95 bits per heavy atom. The summed E-state index contributed by atoms with van der Waals surface area (Å²) >= 11 is 0. The Kier molecular flexibility index (Phi) is 6.75. The summed E-state index contributed by atoms with van der Waals surface area (Å²) < 4.78 is 4.91. The smallest absolute Gasteiger partial charge is 0.304 e. The van der Waals surface area contributed by atoms with Gasteiger partial charge < -0.3 is 20.5 Å². The van der Waals surface area contributed by atoms with Crippen molar-refractivity contribution in [2.24, 2.45) is 5.73 Å². The molecule has 0 aliphatic carbocycles. The number of carboxylic acids is 1. The lowest BCUT2D eigenvalue weighted by Crippen LogP contribution is -2.53. The number of hydrogen-bond acceptors (Lipinski definition) is 5. The van der Waals surface area contributed by atoms with Crippen molar-refractivity contribution < 1.29 is 19.4 Å². The number of carbonyl (C=O) groups excluding carboxylic acids is 1. The molecule has 1 unspecified atom stereocenters. The van der Waals surface area contributed by atoms with Crippen LogP contribution in [0.5, 0.6) is 0 Å². The molecule has 7 nitrogen and oxygen atoms in total. The van der Waals surface area contributed by atoms with Crippen molar-refractivity contribution in [1.29, 1.82) is 0 Å². The Morgan fingerprint density at radius 3 is 2.47 bits per heavy atom. The molecule has 7 heteroatoms. The van der Waals surface area contributed by atoms with Gasteiger partial charge in [-0.3, -0.25) is 14.5 Å². The SMILES string of the molecule is COCCC(N)C(=O)N1CCN(CCC(=O)O)CC1. The normalized spacial score (nSPS) is 18.3. The molecular weight excluding hydrogens is 250 g/mol. The molecule has 1 amide bonds. The lowest BCUT2D eigenvalue weighted by molar-refractivity contribution is -0.138. The van der Waals surface area contributed by atoms with Crippen LogP contribution in [0.4, 0.5) is 0 Å². The predicted octanol–water partition coefficient (Wildman–Crippen LogP) is -1.03. The van der Waals surface area contributed by atoms with Crippen LogP contribution in [0.1, 0.15) is 12.8 Å². The van der Waals surface area contributed by atoms with Crippen molar-refractivity contribution in [1.82, 2.24) is 9.80 Å². The molecule has 3 N–H and O–H groups in total. The maximum atomic E-state index is 12.0. The van der Waals surface area contributed by atoms with E-state index in [1.807, 2.05) is 0 Å². The second-order valence-electron chi connectivity index (χ2n) is 4.70. The number of carboxylic acid groups (broad SMARTS) is 1. The van der Waals surface area contributed by atoms with Gasteiger partial charge in [0.1, 0.15) is 0 Å². The molecule has 110 valence electrons. The highest BCUT2D eigenvalue weighted by atomic mass is 16.5. The number of rotatable bonds is 7. The summed E-state index contributed by atoms with van der Waals surface area (Å²) in [4.78, 5) is 26.3. The molecule has 1 aliphatic heterocycles. The largest absolute Gasteiger partial charge is 0.481 e. The highest BCUT2D eigenvalue weighted by Crippen LogP contribution is 2.05. The highest BCUT2D eigenvalue weighted by molar-refractivity contribution is 5.81. The zero-order chi connectivity index (χ0) is 14.3. The summed E-state index contributed by atoms with van der Waals surface area (Å²) in [6.45, 7) is 3.64. The first kappa shape index (κ1) is 15.9. The van der Waals surface area contributed by atoms with Gasteiger partial charge in [0, 0.05) is 46.4 Å². The van der Waals surface area contributed by atoms with E-state index >= 15 is 0 Å². The Bertz CT molecular complexity index is 303. The third-order valence-electron chi connectivity index (χ3n) is 3.28. The first-order valence-electron chi connectivity index (χ1n) is 6.52. The minimum atomic E-state index is -0.792. The van der Waals surface area contributed by atoms with E-state index in [4.69, 9.17) is 15.6 Å². The molecule has 0 bridgehead atoms. The maximum Gasteiger partial charge on any atom is 0.304 e. The van der Waals surface area contributed by atoms with Crippen LogP contribution in [0, 0.1) is 0 Å². The number of hydrogen-bond donors (Lipinski definition) is 2. The number of carbonyl (C=O) groups is 2. The van der Waals surface area contributed by atoms with Crippen molar-refractivity contribution in [2.45, 2.75) is 18.9 Å². The topological polar surface area (TPSA) is 96.1 Å². The first-order chi connectivity index (χ1) is 9.04. The van der Waals surface area contributed by atoms with E-state index in [9.17, 15) is 9.59 Å². The Morgan fingerprint density at radius 1 is 1.32 bits per heavy atom. The van der Waals surface area contributed by atoms with Crippen LogP contribution in [-0.4, -0.2) is 79.3 Å². The zero-order valence-corrected chi connectivity index (χ0v) is 11.4. The maximum absolute atomic E-state index is 12.0. The predicted molar refractivity (Wildman–Crippen MR) is 69.7 cm³/mol. The Balaban J connectivity index is 2.28. The lowest BCUT2D eigenvalue weighted by Gasteiger charge is -2.35. The van der Waals surface area contributed by atoms with Crippen molar-refractivity contribution in [2.75, 3.05) is 46.4 Å². The van der Waals surface area contributed by atoms with Crippen LogP contribution in [0.15, 0.2) is 0 Å². The van der Waals surface area contributed by atoms with Crippen LogP contribution < -0.4 is 5.73 Å². The van der Waals surface area contributed by atoms with E-state index in [-0.39, 0.29) is 12.3 Å². The molecule has 0 spiro atoms. The second-order valence-corrected chi connectivity index (χ2v) is 4.70. The quantitative estimate of drug-likeness (QED) is 0.615. The van der Waals surface area contributed by atoms with Crippen molar-refractivity contribution >= 4 is 11.9 Å². The average molecular weight is 273 g/mol. The van der Waals surface area contributed by atoms with Crippen LogP contribution >= 0.6 is 0 Å². The van der Waals surface area contributed by atoms with E-state index in [1.54, 1.807) is 12.0 Å².